The van der Waals surface area contributed by atoms with Crippen molar-refractivity contribution in [2.75, 3.05) is 0 Å². The van der Waals surface area contributed by atoms with E-state index in [1.807, 2.05) is 59.6 Å². The van der Waals surface area contributed by atoms with Gasteiger partial charge in [-0.2, -0.15) is 15.3 Å². The van der Waals surface area contributed by atoms with Gasteiger partial charge in [-0.15, -0.1) is 0 Å². The molecule has 2 aromatic heterocycles. The molecule has 0 amide bonds. The van der Waals surface area contributed by atoms with Gasteiger partial charge in [0.25, 0.3) is 0 Å². The molecule has 6 heteroatoms. The summed E-state index contributed by atoms with van der Waals surface area (Å²) in [5, 5.41) is 15.4. The molecule has 0 bridgehead atoms. The fraction of sp³-hybridized carbons (Fsp3) is 0.100. The van der Waals surface area contributed by atoms with Gasteiger partial charge in [0.1, 0.15) is 5.52 Å². The predicted molar refractivity (Wildman–Crippen MR) is 106 cm³/mol. The molecule has 0 aliphatic carbocycles. The van der Waals surface area contributed by atoms with E-state index in [1.54, 1.807) is 6.20 Å². The minimum absolute atomic E-state index is 0.623. The van der Waals surface area contributed by atoms with Crippen LogP contribution in [-0.4, -0.2) is 20.0 Å². The Labute approximate surface area is 161 Å². The number of para-hydroxylation sites is 1. The van der Waals surface area contributed by atoms with E-state index in [2.05, 4.69) is 17.1 Å². The maximum Gasteiger partial charge on any atom is 0.115 e. The van der Waals surface area contributed by atoms with E-state index >= 15 is 0 Å². The SMILES string of the molecule is CC[CH]c1nncc2nn(-c3ccccc3Cl)c(-c3ccc(Cl)cc3)c12. The van der Waals surface area contributed by atoms with Crippen LogP contribution in [0.2, 0.25) is 10.0 Å². The van der Waals surface area contributed by atoms with Gasteiger partial charge < -0.3 is 0 Å². The smallest absolute Gasteiger partial charge is 0.115 e. The Bertz CT molecular complexity index is 1070. The summed E-state index contributed by atoms with van der Waals surface area (Å²) in [6.45, 7) is 2.07. The number of halogens is 2. The van der Waals surface area contributed by atoms with E-state index in [4.69, 9.17) is 28.3 Å². The first-order chi connectivity index (χ1) is 12.7. The molecule has 0 saturated carbocycles. The highest BCUT2D eigenvalue weighted by molar-refractivity contribution is 6.32. The number of rotatable bonds is 4. The van der Waals surface area contributed by atoms with Crippen LogP contribution in [0, 0.1) is 6.42 Å². The minimum Gasteiger partial charge on any atom is -0.230 e. The lowest BCUT2D eigenvalue weighted by molar-refractivity contribution is 0.902. The molecule has 0 N–H and O–H groups in total. The van der Waals surface area contributed by atoms with Crippen molar-refractivity contribution in [3.63, 3.8) is 0 Å². The molecule has 0 aliphatic rings. The zero-order chi connectivity index (χ0) is 18.1. The van der Waals surface area contributed by atoms with Crippen LogP contribution in [0.3, 0.4) is 0 Å². The van der Waals surface area contributed by atoms with E-state index in [-0.39, 0.29) is 0 Å². The first-order valence-corrected chi connectivity index (χ1v) is 9.03. The molecule has 2 aromatic carbocycles. The summed E-state index contributed by atoms with van der Waals surface area (Å²) in [6.07, 6.45) is 4.58. The van der Waals surface area contributed by atoms with Crippen molar-refractivity contribution >= 4 is 34.1 Å². The normalized spacial score (nSPS) is 11.2. The Morgan fingerprint density at radius 1 is 1.04 bits per heavy atom. The molecular formula is C20H15Cl2N4. The van der Waals surface area contributed by atoms with Crippen molar-refractivity contribution in [1.82, 2.24) is 20.0 Å². The highest BCUT2D eigenvalue weighted by Gasteiger charge is 2.20. The van der Waals surface area contributed by atoms with Gasteiger partial charge in [-0.3, -0.25) is 0 Å². The van der Waals surface area contributed by atoms with Crippen LogP contribution in [-0.2, 0) is 0 Å². The molecule has 0 unspecified atom stereocenters. The number of fused-ring (bicyclic) bond motifs is 1. The lowest BCUT2D eigenvalue weighted by Gasteiger charge is -2.10. The fourth-order valence-electron chi connectivity index (χ4n) is 2.98. The van der Waals surface area contributed by atoms with Crippen LogP contribution in [0.4, 0.5) is 0 Å². The molecule has 26 heavy (non-hydrogen) atoms. The molecule has 129 valence electrons. The van der Waals surface area contributed by atoms with Gasteiger partial charge in [0.2, 0.25) is 0 Å². The second kappa shape index (κ2) is 7.06. The second-order valence-corrected chi connectivity index (χ2v) is 6.66. The molecule has 0 fully saturated rings. The summed E-state index contributed by atoms with van der Waals surface area (Å²) in [4.78, 5) is 0. The third kappa shape index (κ3) is 2.96. The van der Waals surface area contributed by atoms with Crippen molar-refractivity contribution in [3.05, 3.63) is 76.9 Å². The largest absolute Gasteiger partial charge is 0.230 e. The molecule has 0 saturated heterocycles. The van der Waals surface area contributed by atoms with Gasteiger partial charge in [-0.1, -0.05) is 54.4 Å². The van der Waals surface area contributed by atoms with Crippen LogP contribution in [0.15, 0.2) is 54.7 Å². The van der Waals surface area contributed by atoms with E-state index in [0.717, 1.165) is 40.0 Å². The van der Waals surface area contributed by atoms with Crippen LogP contribution < -0.4 is 0 Å². The zero-order valence-corrected chi connectivity index (χ0v) is 15.5. The minimum atomic E-state index is 0.623. The van der Waals surface area contributed by atoms with E-state index in [9.17, 15) is 0 Å². The Balaban J connectivity index is 2.08. The van der Waals surface area contributed by atoms with Crippen molar-refractivity contribution in [3.8, 4) is 16.9 Å². The maximum absolute atomic E-state index is 6.45. The number of aromatic nitrogens is 4. The first kappa shape index (κ1) is 17.0. The van der Waals surface area contributed by atoms with Crippen LogP contribution >= 0.6 is 23.2 Å². The van der Waals surface area contributed by atoms with Gasteiger partial charge in [0.15, 0.2) is 0 Å². The summed E-state index contributed by atoms with van der Waals surface area (Å²) in [5.41, 5.74) is 4.28. The first-order valence-electron chi connectivity index (χ1n) is 8.27. The van der Waals surface area contributed by atoms with Gasteiger partial charge >= 0.3 is 0 Å². The van der Waals surface area contributed by atoms with E-state index < -0.39 is 0 Å². The van der Waals surface area contributed by atoms with Crippen molar-refractivity contribution in [2.24, 2.45) is 0 Å². The average Bonchev–Trinajstić information content (AvgIpc) is 3.03. The molecule has 4 aromatic rings. The zero-order valence-electron chi connectivity index (χ0n) is 14.0. The number of hydrogen-bond donors (Lipinski definition) is 0. The molecule has 1 radical (unpaired) electrons. The summed E-state index contributed by atoms with van der Waals surface area (Å²) in [6, 6.07) is 15.3. The Morgan fingerprint density at radius 2 is 1.81 bits per heavy atom. The highest BCUT2D eigenvalue weighted by Crippen LogP contribution is 2.35. The Morgan fingerprint density at radius 3 is 2.54 bits per heavy atom. The topological polar surface area (TPSA) is 43.6 Å². The lowest BCUT2D eigenvalue weighted by Crippen LogP contribution is -2.00. The van der Waals surface area contributed by atoms with E-state index in [1.165, 1.54) is 0 Å². The Kier molecular flexibility index (Phi) is 4.62. The van der Waals surface area contributed by atoms with Crippen LogP contribution in [0.25, 0.3) is 27.8 Å². The summed E-state index contributed by atoms with van der Waals surface area (Å²) in [7, 11) is 0. The van der Waals surface area contributed by atoms with Gasteiger partial charge in [-0.25, -0.2) is 4.68 Å². The van der Waals surface area contributed by atoms with E-state index in [0.29, 0.717) is 10.0 Å². The van der Waals surface area contributed by atoms with Gasteiger partial charge in [0.05, 0.1) is 33.7 Å². The predicted octanol–water partition coefficient (Wildman–Crippen LogP) is 5.75. The van der Waals surface area contributed by atoms with Crippen LogP contribution in [0.5, 0.6) is 0 Å². The lowest BCUT2D eigenvalue weighted by atomic mass is 10.0. The molecule has 0 spiro atoms. The van der Waals surface area contributed by atoms with Crippen LogP contribution in [0.1, 0.15) is 19.0 Å². The highest BCUT2D eigenvalue weighted by atomic mass is 35.5. The molecule has 4 rings (SSSR count). The van der Waals surface area contributed by atoms with Crippen molar-refractivity contribution in [2.45, 2.75) is 13.3 Å². The van der Waals surface area contributed by atoms with Crippen molar-refractivity contribution in [1.29, 1.82) is 0 Å². The molecule has 2 heterocycles. The number of benzene rings is 2. The molecule has 4 nitrogen and oxygen atoms in total. The second-order valence-electron chi connectivity index (χ2n) is 5.82. The fourth-order valence-corrected chi connectivity index (χ4v) is 3.32. The number of hydrogen-bond acceptors (Lipinski definition) is 3. The molecular weight excluding hydrogens is 367 g/mol. The van der Waals surface area contributed by atoms with Gasteiger partial charge in [0, 0.05) is 17.0 Å². The summed E-state index contributed by atoms with van der Waals surface area (Å²) < 4.78 is 1.85. The monoisotopic (exact) mass is 381 g/mol. The summed E-state index contributed by atoms with van der Waals surface area (Å²) >= 11 is 12.5. The third-order valence-electron chi connectivity index (χ3n) is 4.11. The quantitative estimate of drug-likeness (QED) is 0.451. The van der Waals surface area contributed by atoms with Gasteiger partial charge in [-0.05, 0) is 30.7 Å². The standard InChI is InChI=1S/C20H15Cl2N4/c1-2-5-16-19-17(12-23-24-16)25-26(18-7-4-3-6-15(18)22)20(19)13-8-10-14(21)11-9-13/h3-12H,2H2,1H3. The molecule has 0 atom stereocenters. The third-order valence-corrected chi connectivity index (χ3v) is 4.68. The number of nitrogens with zero attached hydrogens (tertiary/aromatic N) is 4. The van der Waals surface area contributed by atoms with Crippen molar-refractivity contribution < 1.29 is 0 Å². The molecule has 0 aliphatic heterocycles. The average molecular weight is 382 g/mol. The summed E-state index contributed by atoms with van der Waals surface area (Å²) in [5.74, 6) is 0. The Hall–Kier alpha value is -2.43. The maximum atomic E-state index is 6.45.